The molecule has 0 aliphatic heterocycles. The van der Waals surface area contributed by atoms with Gasteiger partial charge in [0.1, 0.15) is 6.61 Å². The van der Waals surface area contributed by atoms with Gasteiger partial charge in [-0.3, -0.25) is 0 Å². The first kappa shape index (κ1) is 16.3. The number of carbonyl (C=O) groups excluding carboxylic acids is 2. The lowest BCUT2D eigenvalue weighted by Crippen LogP contribution is -2.19. The molecule has 0 saturated carbocycles. The lowest BCUT2D eigenvalue weighted by atomic mass is 10.2. The molecule has 0 unspecified atom stereocenters. The Morgan fingerprint density at radius 2 is 2.00 bits per heavy atom. The Hall–Kier alpha value is -3.09. The van der Waals surface area contributed by atoms with Crippen LogP contribution in [-0.2, 0) is 11.3 Å². The Labute approximate surface area is 132 Å². The van der Waals surface area contributed by atoms with Gasteiger partial charge in [-0.25, -0.2) is 14.0 Å². The van der Waals surface area contributed by atoms with E-state index < -0.39 is 17.8 Å². The van der Waals surface area contributed by atoms with E-state index in [1.807, 2.05) is 0 Å². The highest BCUT2D eigenvalue weighted by Gasteiger charge is 2.10. The minimum Gasteiger partial charge on any atom is -0.494 e. The molecular weight excluding hydrogens is 303 g/mol. The summed E-state index contributed by atoms with van der Waals surface area (Å²) >= 11 is 0. The van der Waals surface area contributed by atoms with E-state index in [0.29, 0.717) is 11.3 Å². The maximum Gasteiger partial charge on any atom is 0.338 e. The number of nitrogens with two attached hydrogens (primary N) is 1. The third-order valence-electron chi connectivity index (χ3n) is 2.95. The van der Waals surface area contributed by atoms with Crippen LogP contribution in [-0.4, -0.2) is 19.1 Å². The van der Waals surface area contributed by atoms with E-state index in [0.717, 1.165) is 0 Å². The number of hydrogen-bond donors (Lipinski definition) is 2. The Morgan fingerprint density at radius 1 is 1.22 bits per heavy atom. The number of urea groups is 1. The maximum atomic E-state index is 13.6. The zero-order valence-corrected chi connectivity index (χ0v) is 12.3. The second-order valence-electron chi connectivity index (χ2n) is 4.62. The summed E-state index contributed by atoms with van der Waals surface area (Å²) in [6.45, 7) is -0.0901. The molecule has 2 aromatic carbocycles. The number of esters is 1. The van der Waals surface area contributed by atoms with Crippen LogP contribution in [0.2, 0.25) is 0 Å². The van der Waals surface area contributed by atoms with Crippen LogP contribution in [0.5, 0.6) is 5.75 Å². The highest BCUT2D eigenvalue weighted by atomic mass is 19.1. The average Bonchev–Trinajstić information content (AvgIpc) is 2.52. The Morgan fingerprint density at radius 3 is 2.65 bits per heavy atom. The maximum absolute atomic E-state index is 13.6. The van der Waals surface area contributed by atoms with Gasteiger partial charge in [-0.05, 0) is 35.9 Å². The highest BCUT2D eigenvalue weighted by molar-refractivity contribution is 5.93. The van der Waals surface area contributed by atoms with Gasteiger partial charge in [0.15, 0.2) is 11.6 Å². The number of carbonyl (C=O) groups is 2. The van der Waals surface area contributed by atoms with Crippen LogP contribution in [0, 0.1) is 5.82 Å². The van der Waals surface area contributed by atoms with E-state index in [1.54, 1.807) is 18.2 Å². The van der Waals surface area contributed by atoms with Crippen LogP contribution in [0.15, 0.2) is 42.5 Å². The molecule has 0 radical (unpaired) electrons. The normalized spacial score (nSPS) is 10.0. The lowest BCUT2D eigenvalue weighted by Gasteiger charge is -2.08. The van der Waals surface area contributed by atoms with Gasteiger partial charge in [0.25, 0.3) is 0 Å². The summed E-state index contributed by atoms with van der Waals surface area (Å²) in [6, 6.07) is 9.68. The molecule has 7 heteroatoms. The first-order valence-corrected chi connectivity index (χ1v) is 6.65. The predicted molar refractivity (Wildman–Crippen MR) is 81.7 cm³/mol. The number of anilines is 1. The Balaban J connectivity index is 2.02. The molecule has 0 fully saturated rings. The molecule has 0 atom stereocenters. The van der Waals surface area contributed by atoms with Gasteiger partial charge in [0, 0.05) is 5.69 Å². The molecule has 0 aromatic heterocycles. The molecule has 2 aromatic rings. The molecule has 0 spiro atoms. The third kappa shape index (κ3) is 4.44. The van der Waals surface area contributed by atoms with Gasteiger partial charge in [0.2, 0.25) is 0 Å². The fourth-order valence-corrected chi connectivity index (χ4v) is 1.90. The summed E-state index contributed by atoms with van der Waals surface area (Å²) < 4.78 is 23.5. The standard InChI is InChI=1S/C16H15FN2O4/c1-22-14-6-5-10(7-13(14)17)9-23-15(20)11-3-2-4-12(8-11)19-16(18)21/h2-8H,9H2,1H3,(H3,18,19,21). The first-order valence-electron chi connectivity index (χ1n) is 6.65. The van der Waals surface area contributed by atoms with Gasteiger partial charge < -0.3 is 20.5 Å². The van der Waals surface area contributed by atoms with Gasteiger partial charge in [-0.2, -0.15) is 0 Å². The minimum atomic E-state index is -0.732. The van der Waals surface area contributed by atoms with Crippen LogP contribution >= 0.6 is 0 Å². The summed E-state index contributed by atoms with van der Waals surface area (Å²) in [5, 5.41) is 2.36. The number of benzene rings is 2. The molecule has 0 aliphatic rings. The SMILES string of the molecule is COc1ccc(COC(=O)c2cccc(NC(N)=O)c2)cc1F. The number of ether oxygens (including phenoxy) is 2. The fourth-order valence-electron chi connectivity index (χ4n) is 1.90. The van der Waals surface area contributed by atoms with Crippen LogP contribution < -0.4 is 15.8 Å². The number of halogens is 1. The van der Waals surface area contributed by atoms with Gasteiger partial charge in [0.05, 0.1) is 12.7 Å². The molecular formula is C16H15FN2O4. The van der Waals surface area contributed by atoms with Crippen molar-refractivity contribution in [1.82, 2.24) is 0 Å². The largest absolute Gasteiger partial charge is 0.494 e. The predicted octanol–water partition coefficient (Wildman–Crippen LogP) is 2.68. The topological polar surface area (TPSA) is 90.7 Å². The van der Waals surface area contributed by atoms with Crippen molar-refractivity contribution in [3.8, 4) is 5.75 Å². The zero-order valence-electron chi connectivity index (χ0n) is 12.3. The van der Waals surface area contributed by atoms with Crippen molar-refractivity contribution in [3.05, 3.63) is 59.4 Å². The van der Waals surface area contributed by atoms with E-state index in [9.17, 15) is 14.0 Å². The number of nitrogens with one attached hydrogen (secondary N) is 1. The molecule has 0 bridgehead atoms. The van der Waals surface area contributed by atoms with Gasteiger partial charge in [-0.1, -0.05) is 12.1 Å². The monoisotopic (exact) mass is 318 g/mol. The molecule has 6 nitrogen and oxygen atoms in total. The summed E-state index contributed by atoms with van der Waals surface area (Å²) in [5.74, 6) is -1.02. The number of amides is 2. The zero-order chi connectivity index (χ0) is 16.8. The average molecular weight is 318 g/mol. The quantitative estimate of drug-likeness (QED) is 0.829. The first-order chi connectivity index (χ1) is 11.0. The van der Waals surface area contributed by atoms with Crippen LogP contribution in [0.4, 0.5) is 14.9 Å². The number of rotatable bonds is 5. The second-order valence-corrected chi connectivity index (χ2v) is 4.62. The van der Waals surface area contributed by atoms with Crippen molar-refractivity contribution in [2.75, 3.05) is 12.4 Å². The van der Waals surface area contributed by atoms with Gasteiger partial charge >= 0.3 is 12.0 Å². The second kappa shape index (κ2) is 7.26. The molecule has 23 heavy (non-hydrogen) atoms. The third-order valence-corrected chi connectivity index (χ3v) is 2.95. The number of primary amides is 1. The molecule has 0 heterocycles. The van der Waals surface area contributed by atoms with Crippen molar-refractivity contribution >= 4 is 17.7 Å². The number of methoxy groups -OCH3 is 1. The molecule has 2 amide bonds. The van der Waals surface area contributed by atoms with Crippen molar-refractivity contribution in [3.63, 3.8) is 0 Å². The summed E-state index contributed by atoms with van der Waals surface area (Å²) in [4.78, 5) is 22.8. The summed E-state index contributed by atoms with van der Waals surface area (Å²) in [7, 11) is 1.37. The highest BCUT2D eigenvalue weighted by Crippen LogP contribution is 2.19. The lowest BCUT2D eigenvalue weighted by molar-refractivity contribution is 0.0472. The van der Waals surface area contributed by atoms with Crippen molar-refractivity contribution in [2.24, 2.45) is 5.73 Å². The van der Waals surface area contributed by atoms with Crippen LogP contribution in [0.1, 0.15) is 15.9 Å². The van der Waals surface area contributed by atoms with E-state index in [-0.39, 0.29) is 17.9 Å². The minimum absolute atomic E-state index is 0.0901. The van der Waals surface area contributed by atoms with Crippen LogP contribution in [0.25, 0.3) is 0 Å². The summed E-state index contributed by atoms with van der Waals surface area (Å²) in [6.07, 6.45) is 0. The smallest absolute Gasteiger partial charge is 0.338 e. The van der Waals surface area contributed by atoms with Crippen molar-refractivity contribution < 1.29 is 23.5 Å². The van der Waals surface area contributed by atoms with Crippen molar-refractivity contribution in [1.29, 1.82) is 0 Å². The van der Waals surface area contributed by atoms with E-state index in [4.69, 9.17) is 15.2 Å². The molecule has 0 aliphatic carbocycles. The Kier molecular flexibility index (Phi) is 5.14. The van der Waals surface area contributed by atoms with E-state index in [2.05, 4.69) is 5.32 Å². The molecule has 120 valence electrons. The van der Waals surface area contributed by atoms with Gasteiger partial charge in [-0.15, -0.1) is 0 Å². The van der Waals surface area contributed by atoms with E-state index in [1.165, 1.54) is 31.4 Å². The molecule has 2 rings (SSSR count). The summed E-state index contributed by atoms with van der Waals surface area (Å²) in [5.41, 5.74) is 6.12. The molecule has 3 N–H and O–H groups in total. The molecule has 0 saturated heterocycles. The fraction of sp³-hybridized carbons (Fsp3) is 0.125. The van der Waals surface area contributed by atoms with E-state index >= 15 is 0 Å². The number of hydrogen-bond acceptors (Lipinski definition) is 4. The Bertz CT molecular complexity index is 734. The van der Waals surface area contributed by atoms with Crippen LogP contribution in [0.3, 0.4) is 0 Å². The van der Waals surface area contributed by atoms with Crippen molar-refractivity contribution in [2.45, 2.75) is 6.61 Å².